The molecule has 3 aliphatic carbocycles. The maximum atomic E-state index is 12.8. The standard InChI is InChI=1S/C32H32O4.C2H4/c1-32-19-18-26-25-15-13-24(35-30(33)21-8-4-2-5-9-21)20-23(25)12-14-27(26)28(32)16-17-29(32)36-31(34)22-10-6-3-7-11-22;1-2/h2-11,13,15,20,26-29H,12,14,16-19H2,1H3;1-2H2. The number of carbonyl (C=O) groups is 2. The van der Waals surface area contributed by atoms with Crippen LogP contribution in [0.1, 0.15) is 76.8 Å². The van der Waals surface area contributed by atoms with Gasteiger partial charge >= 0.3 is 11.9 Å². The fourth-order valence-electron chi connectivity index (χ4n) is 7.28. The number of aryl methyl sites for hydroxylation is 1. The van der Waals surface area contributed by atoms with Gasteiger partial charge in [0.05, 0.1) is 11.1 Å². The molecule has 3 aromatic rings. The molecule has 5 unspecified atom stereocenters. The molecule has 4 heteroatoms. The van der Waals surface area contributed by atoms with Crippen molar-refractivity contribution in [3.63, 3.8) is 0 Å². The zero-order valence-electron chi connectivity index (χ0n) is 22.1. The fourth-order valence-corrected chi connectivity index (χ4v) is 7.28. The molecule has 5 atom stereocenters. The summed E-state index contributed by atoms with van der Waals surface area (Å²) in [6.45, 7) is 8.35. The smallest absolute Gasteiger partial charge is 0.343 e. The van der Waals surface area contributed by atoms with E-state index in [0.717, 1.165) is 38.5 Å². The van der Waals surface area contributed by atoms with Gasteiger partial charge in [-0.25, -0.2) is 9.59 Å². The topological polar surface area (TPSA) is 52.6 Å². The molecule has 0 aliphatic heterocycles. The highest BCUT2D eigenvalue weighted by Crippen LogP contribution is 2.61. The molecule has 0 N–H and O–H groups in total. The zero-order valence-corrected chi connectivity index (χ0v) is 22.1. The number of benzene rings is 3. The van der Waals surface area contributed by atoms with E-state index in [-0.39, 0.29) is 23.5 Å². The molecule has 0 spiro atoms. The van der Waals surface area contributed by atoms with Gasteiger partial charge in [-0.2, -0.15) is 0 Å². The molecule has 6 rings (SSSR count). The molecule has 196 valence electrons. The van der Waals surface area contributed by atoms with Crippen LogP contribution >= 0.6 is 0 Å². The third-order valence-corrected chi connectivity index (χ3v) is 9.09. The fraction of sp³-hybridized carbons (Fsp3) is 0.353. The van der Waals surface area contributed by atoms with Crippen LogP contribution in [-0.4, -0.2) is 18.0 Å². The van der Waals surface area contributed by atoms with E-state index in [1.54, 1.807) is 12.1 Å². The molecule has 3 aliphatic rings. The number of fused-ring (bicyclic) bond motifs is 5. The van der Waals surface area contributed by atoms with Crippen molar-refractivity contribution in [1.29, 1.82) is 0 Å². The zero-order chi connectivity index (χ0) is 26.7. The average molecular weight is 509 g/mol. The number of esters is 2. The summed E-state index contributed by atoms with van der Waals surface area (Å²) >= 11 is 0. The molecule has 38 heavy (non-hydrogen) atoms. The Labute approximate surface area is 225 Å². The highest BCUT2D eigenvalue weighted by atomic mass is 16.5. The summed E-state index contributed by atoms with van der Waals surface area (Å²) in [7, 11) is 0. The van der Waals surface area contributed by atoms with Gasteiger partial charge < -0.3 is 9.47 Å². The van der Waals surface area contributed by atoms with Crippen molar-refractivity contribution >= 4 is 11.9 Å². The van der Waals surface area contributed by atoms with Crippen LogP contribution in [0.5, 0.6) is 5.75 Å². The van der Waals surface area contributed by atoms with Gasteiger partial charge in [-0.3, -0.25) is 0 Å². The van der Waals surface area contributed by atoms with Gasteiger partial charge in [0, 0.05) is 5.41 Å². The van der Waals surface area contributed by atoms with E-state index in [1.807, 2.05) is 54.6 Å². The van der Waals surface area contributed by atoms with Crippen LogP contribution in [0.25, 0.3) is 0 Å². The second-order valence-electron chi connectivity index (χ2n) is 10.9. The highest BCUT2D eigenvalue weighted by Gasteiger charge is 2.56. The second kappa shape index (κ2) is 11.0. The lowest BCUT2D eigenvalue weighted by atomic mass is 9.55. The molecule has 0 aromatic heterocycles. The van der Waals surface area contributed by atoms with E-state index in [0.29, 0.717) is 34.6 Å². The summed E-state index contributed by atoms with van der Waals surface area (Å²) < 4.78 is 11.8. The summed E-state index contributed by atoms with van der Waals surface area (Å²) in [6, 6.07) is 24.7. The van der Waals surface area contributed by atoms with Crippen molar-refractivity contribution in [2.24, 2.45) is 17.3 Å². The quantitative estimate of drug-likeness (QED) is 0.205. The van der Waals surface area contributed by atoms with Gasteiger partial charge in [-0.15, -0.1) is 13.2 Å². The lowest BCUT2D eigenvalue weighted by Gasteiger charge is -2.50. The minimum Gasteiger partial charge on any atom is -0.458 e. The number of hydrogen-bond acceptors (Lipinski definition) is 4. The van der Waals surface area contributed by atoms with Crippen molar-refractivity contribution in [2.45, 2.75) is 57.5 Å². The van der Waals surface area contributed by atoms with Crippen molar-refractivity contribution in [1.82, 2.24) is 0 Å². The Hall–Kier alpha value is -3.66. The van der Waals surface area contributed by atoms with Crippen LogP contribution in [-0.2, 0) is 11.2 Å². The molecule has 2 saturated carbocycles. The molecule has 0 bridgehead atoms. The van der Waals surface area contributed by atoms with Crippen LogP contribution in [0.3, 0.4) is 0 Å². The Balaban J connectivity index is 0.00000144. The second-order valence-corrected chi connectivity index (χ2v) is 10.9. The first-order valence-electron chi connectivity index (χ1n) is 13.7. The number of hydrogen-bond donors (Lipinski definition) is 0. The van der Waals surface area contributed by atoms with E-state index in [9.17, 15) is 9.59 Å². The van der Waals surface area contributed by atoms with Crippen LogP contribution < -0.4 is 4.74 Å². The summed E-state index contributed by atoms with van der Waals surface area (Å²) in [4.78, 5) is 25.3. The van der Waals surface area contributed by atoms with Crippen LogP contribution in [0.4, 0.5) is 0 Å². The maximum absolute atomic E-state index is 12.8. The van der Waals surface area contributed by atoms with Crippen molar-refractivity contribution in [2.75, 3.05) is 0 Å². The van der Waals surface area contributed by atoms with E-state index in [4.69, 9.17) is 9.47 Å². The number of rotatable bonds is 4. The highest BCUT2D eigenvalue weighted by molar-refractivity contribution is 5.91. The molecule has 2 fully saturated rings. The summed E-state index contributed by atoms with van der Waals surface area (Å²) in [5, 5.41) is 0. The largest absolute Gasteiger partial charge is 0.458 e. The predicted molar refractivity (Wildman–Crippen MR) is 149 cm³/mol. The van der Waals surface area contributed by atoms with Crippen molar-refractivity contribution in [3.05, 3.63) is 114 Å². The van der Waals surface area contributed by atoms with Crippen molar-refractivity contribution < 1.29 is 19.1 Å². The van der Waals surface area contributed by atoms with E-state index in [2.05, 4.69) is 32.2 Å². The van der Waals surface area contributed by atoms with E-state index < -0.39 is 0 Å². The van der Waals surface area contributed by atoms with Gasteiger partial charge in [0.1, 0.15) is 11.9 Å². The molecular weight excluding hydrogens is 472 g/mol. The van der Waals surface area contributed by atoms with Crippen molar-refractivity contribution in [3.8, 4) is 5.75 Å². The van der Waals surface area contributed by atoms with Gasteiger partial charge in [0.15, 0.2) is 0 Å². The maximum Gasteiger partial charge on any atom is 0.343 e. The van der Waals surface area contributed by atoms with E-state index >= 15 is 0 Å². The van der Waals surface area contributed by atoms with E-state index in [1.165, 1.54) is 11.1 Å². The number of ether oxygens (including phenoxy) is 2. The molecular formula is C34H36O4. The van der Waals surface area contributed by atoms with Crippen LogP contribution in [0.15, 0.2) is 92.0 Å². The molecule has 4 nitrogen and oxygen atoms in total. The first kappa shape index (κ1) is 26.0. The summed E-state index contributed by atoms with van der Waals surface area (Å²) in [5.41, 5.74) is 3.95. The molecule has 0 heterocycles. The first-order chi connectivity index (χ1) is 18.5. The molecule has 0 saturated heterocycles. The van der Waals surface area contributed by atoms with Gasteiger partial charge in [-0.1, -0.05) is 49.4 Å². The Morgan fingerprint density at radius 3 is 2.16 bits per heavy atom. The normalized spacial score (nSPS) is 27.0. The third kappa shape index (κ3) is 4.80. The molecule has 0 radical (unpaired) electrons. The Morgan fingerprint density at radius 2 is 1.47 bits per heavy atom. The van der Waals surface area contributed by atoms with Gasteiger partial charge in [0.2, 0.25) is 0 Å². The average Bonchev–Trinajstić information content (AvgIpc) is 3.30. The van der Waals surface area contributed by atoms with Gasteiger partial charge in [-0.05, 0) is 104 Å². The lowest BCUT2D eigenvalue weighted by molar-refractivity contribution is -0.0427. The summed E-state index contributed by atoms with van der Waals surface area (Å²) in [6.07, 6.45) is 6.35. The summed E-state index contributed by atoms with van der Waals surface area (Å²) in [5.74, 6) is 1.79. The predicted octanol–water partition coefficient (Wildman–Crippen LogP) is 7.79. The van der Waals surface area contributed by atoms with Crippen LogP contribution in [0, 0.1) is 17.3 Å². The Kier molecular flexibility index (Phi) is 7.51. The third-order valence-electron chi connectivity index (χ3n) is 9.09. The van der Waals surface area contributed by atoms with Crippen LogP contribution in [0.2, 0.25) is 0 Å². The molecule has 3 aromatic carbocycles. The Bertz CT molecular complexity index is 1280. The molecule has 0 amide bonds. The lowest BCUT2D eigenvalue weighted by Crippen LogP contribution is -2.45. The minimum atomic E-state index is -0.320. The monoisotopic (exact) mass is 508 g/mol. The SMILES string of the molecule is C=C.CC12CCC3c4ccc(OC(=O)c5ccccc5)cc4CCC3C1CCC2OC(=O)c1ccccc1. The van der Waals surface area contributed by atoms with Gasteiger partial charge in [0.25, 0.3) is 0 Å². The minimum absolute atomic E-state index is 0.0164. The first-order valence-corrected chi connectivity index (χ1v) is 13.7. The Morgan fingerprint density at radius 1 is 0.816 bits per heavy atom. The number of carbonyl (C=O) groups excluding carboxylic acids is 2.